The monoisotopic (exact) mass is 248 g/mol. The molecule has 0 aromatic heterocycles. The highest BCUT2D eigenvalue weighted by Gasteiger charge is 2.55. The maximum atomic E-state index is 11.2. The van der Waals surface area contributed by atoms with Gasteiger partial charge in [0.2, 0.25) is 0 Å². The fourth-order valence-electron chi connectivity index (χ4n) is 6.66. The van der Waals surface area contributed by atoms with Gasteiger partial charge in [0.25, 0.3) is 0 Å². The third-order valence-electron chi connectivity index (χ3n) is 7.08. The van der Waals surface area contributed by atoms with E-state index in [1.54, 1.807) is 0 Å². The molecule has 5 fully saturated rings. The highest BCUT2D eigenvalue weighted by atomic mass is 16.3. The fourth-order valence-corrected chi connectivity index (χ4v) is 6.66. The lowest BCUT2D eigenvalue weighted by molar-refractivity contribution is -0.157. The second-order valence-electron chi connectivity index (χ2n) is 8.16. The van der Waals surface area contributed by atoms with Gasteiger partial charge in [0, 0.05) is 0 Å². The normalized spacial score (nSPS) is 50.7. The molecule has 1 heteroatoms. The molecule has 0 saturated heterocycles. The van der Waals surface area contributed by atoms with Gasteiger partial charge in [0.15, 0.2) is 0 Å². The third-order valence-corrected chi connectivity index (χ3v) is 7.08. The van der Waals surface area contributed by atoms with E-state index in [-0.39, 0.29) is 5.60 Å². The van der Waals surface area contributed by atoms with Crippen LogP contribution in [0.1, 0.15) is 64.7 Å². The number of hydrogen-bond acceptors (Lipinski definition) is 1. The molecular formula is C17H28O. The van der Waals surface area contributed by atoms with Gasteiger partial charge < -0.3 is 5.11 Å². The van der Waals surface area contributed by atoms with Crippen molar-refractivity contribution in [3.63, 3.8) is 0 Å². The topological polar surface area (TPSA) is 20.2 Å². The minimum absolute atomic E-state index is 0.348. The van der Waals surface area contributed by atoms with Crippen LogP contribution >= 0.6 is 0 Å². The maximum absolute atomic E-state index is 11.2. The summed E-state index contributed by atoms with van der Waals surface area (Å²) in [6.45, 7) is 2.20. The first-order valence-corrected chi connectivity index (χ1v) is 8.37. The Morgan fingerprint density at radius 1 is 0.833 bits per heavy atom. The number of hydrogen-bond donors (Lipinski definition) is 1. The van der Waals surface area contributed by atoms with E-state index in [0.29, 0.717) is 11.8 Å². The average molecular weight is 248 g/mol. The summed E-state index contributed by atoms with van der Waals surface area (Å²) in [6, 6.07) is 0. The van der Waals surface area contributed by atoms with Crippen molar-refractivity contribution in [1.82, 2.24) is 0 Å². The first kappa shape index (κ1) is 11.8. The molecule has 5 rings (SSSR count). The van der Waals surface area contributed by atoms with E-state index in [0.717, 1.165) is 23.7 Å². The molecule has 102 valence electrons. The molecule has 0 unspecified atom stereocenters. The molecular weight excluding hydrogens is 220 g/mol. The van der Waals surface area contributed by atoms with Crippen LogP contribution < -0.4 is 0 Å². The fraction of sp³-hybridized carbons (Fsp3) is 1.00. The SMILES string of the molecule is C[C@](O)(C1CCCC1)C1C2CC3CC(C2)CC1C3. The van der Waals surface area contributed by atoms with Gasteiger partial charge in [-0.2, -0.15) is 0 Å². The second kappa shape index (κ2) is 3.98. The van der Waals surface area contributed by atoms with Crippen molar-refractivity contribution in [2.24, 2.45) is 35.5 Å². The maximum Gasteiger partial charge on any atom is 0.0681 e. The van der Waals surface area contributed by atoms with Crippen molar-refractivity contribution in [2.45, 2.75) is 70.3 Å². The molecule has 5 aliphatic carbocycles. The van der Waals surface area contributed by atoms with E-state index in [1.165, 1.54) is 57.8 Å². The average Bonchev–Trinajstić information content (AvgIpc) is 2.80. The van der Waals surface area contributed by atoms with E-state index >= 15 is 0 Å². The Bertz CT molecular complexity index is 299. The highest BCUT2D eigenvalue weighted by molar-refractivity contribution is 5.05. The smallest absolute Gasteiger partial charge is 0.0681 e. The van der Waals surface area contributed by atoms with Crippen LogP contribution in [0.2, 0.25) is 0 Å². The third kappa shape index (κ3) is 1.62. The predicted octanol–water partition coefficient (Wildman–Crippen LogP) is 4.00. The van der Waals surface area contributed by atoms with Crippen molar-refractivity contribution in [2.75, 3.05) is 0 Å². The van der Waals surface area contributed by atoms with Gasteiger partial charge in [-0.15, -0.1) is 0 Å². The predicted molar refractivity (Wildman–Crippen MR) is 73.1 cm³/mol. The van der Waals surface area contributed by atoms with Crippen molar-refractivity contribution >= 4 is 0 Å². The van der Waals surface area contributed by atoms with Crippen LogP contribution in [-0.2, 0) is 0 Å². The Morgan fingerprint density at radius 2 is 1.33 bits per heavy atom. The molecule has 0 amide bonds. The van der Waals surface area contributed by atoms with Gasteiger partial charge in [0.1, 0.15) is 0 Å². The van der Waals surface area contributed by atoms with E-state index in [9.17, 15) is 5.11 Å². The van der Waals surface area contributed by atoms with E-state index in [1.807, 2.05) is 0 Å². The van der Waals surface area contributed by atoms with Gasteiger partial charge in [-0.3, -0.25) is 0 Å². The molecule has 0 heterocycles. The van der Waals surface area contributed by atoms with Crippen molar-refractivity contribution in [1.29, 1.82) is 0 Å². The van der Waals surface area contributed by atoms with Gasteiger partial charge in [-0.1, -0.05) is 12.8 Å². The van der Waals surface area contributed by atoms with Crippen LogP contribution in [0.3, 0.4) is 0 Å². The molecule has 1 atom stereocenters. The van der Waals surface area contributed by atoms with Crippen LogP contribution in [0.25, 0.3) is 0 Å². The van der Waals surface area contributed by atoms with Gasteiger partial charge in [-0.25, -0.2) is 0 Å². The van der Waals surface area contributed by atoms with E-state index in [2.05, 4.69) is 6.92 Å². The van der Waals surface area contributed by atoms with Crippen molar-refractivity contribution < 1.29 is 5.11 Å². The number of aliphatic hydroxyl groups is 1. The van der Waals surface area contributed by atoms with Crippen LogP contribution in [0.5, 0.6) is 0 Å². The molecule has 5 saturated carbocycles. The summed E-state index contributed by atoms with van der Waals surface area (Å²) in [4.78, 5) is 0. The summed E-state index contributed by atoms with van der Waals surface area (Å²) in [5.74, 6) is 5.06. The molecule has 0 aromatic carbocycles. The minimum atomic E-state index is -0.348. The summed E-state index contributed by atoms with van der Waals surface area (Å²) in [6.07, 6.45) is 12.6. The van der Waals surface area contributed by atoms with Crippen LogP contribution in [0.15, 0.2) is 0 Å². The summed E-state index contributed by atoms with van der Waals surface area (Å²) in [5, 5.41) is 11.2. The first-order valence-electron chi connectivity index (χ1n) is 8.37. The lowest BCUT2D eigenvalue weighted by Gasteiger charge is -2.59. The van der Waals surface area contributed by atoms with Crippen LogP contribution in [0.4, 0.5) is 0 Å². The number of rotatable bonds is 2. The summed E-state index contributed by atoms with van der Waals surface area (Å²) >= 11 is 0. The zero-order chi connectivity index (χ0) is 12.3. The standard InChI is InChI=1S/C17H28O/c1-17(18,15-4-2-3-5-15)16-13-7-11-6-12(9-13)10-14(16)8-11/h11-16,18H,2-10H2,1H3/t11?,12?,13?,14?,16?,17-/m0/s1. The zero-order valence-electron chi connectivity index (χ0n) is 11.8. The molecule has 0 radical (unpaired) electrons. The molecule has 0 aromatic rings. The van der Waals surface area contributed by atoms with Crippen LogP contribution in [-0.4, -0.2) is 10.7 Å². The zero-order valence-corrected chi connectivity index (χ0v) is 11.8. The lowest BCUT2D eigenvalue weighted by atomic mass is 9.48. The Morgan fingerprint density at radius 3 is 1.83 bits per heavy atom. The summed E-state index contributed by atoms with van der Waals surface area (Å²) in [7, 11) is 0. The molecule has 5 aliphatic rings. The summed E-state index contributed by atoms with van der Waals surface area (Å²) < 4.78 is 0. The molecule has 0 aliphatic heterocycles. The molecule has 1 nitrogen and oxygen atoms in total. The lowest BCUT2D eigenvalue weighted by Crippen LogP contribution is -2.56. The molecule has 1 N–H and O–H groups in total. The summed E-state index contributed by atoms with van der Waals surface area (Å²) in [5.41, 5.74) is -0.348. The van der Waals surface area contributed by atoms with Crippen molar-refractivity contribution in [3.05, 3.63) is 0 Å². The minimum Gasteiger partial charge on any atom is -0.390 e. The first-order chi connectivity index (χ1) is 8.64. The largest absolute Gasteiger partial charge is 0.390 e. The quantitative estimate of drug-likeness (QED) is 0.783. The Balaban J connectivity index is 1.60. The Labute approximate surface area is 111 Å². The van der Waals surface area contributed by atoms with E-state index in [4.69, 9.17) is 0 Å². The Hall–Kier alpha value is -0.0400. The van der Waals surface area contributed by atoms with Crippen LogP contribution in [0, 0.1) is 35.5 Å². The second-order valence-corrected chi connectivity index (χ2v) is 8.16. The van der Waals surface area contributed by atoms with Gasteiger partial charge in [-0.05, 0) is 87.4 Å². The van der Waals surface area contributed by atoms with Crippen molar-refractivity contribution in [3.8, 4) is 0 Å². The highest BCUT2D eigenvalue weighted by Crippen LogP contribution is 2.60. The van der Waals surface area contributed by atoms with Gasteiger partial charge >= 0.3 is 0 Å². The molecule has 0 spiro atoms. The van der Waals surface area contributed by atoms with E-state index < -0.39 is 0 Å². The molecule has 18 heavy (non-hydrogen) atoms. The Kier molecular flexibility index (Phi) is 2.60. The molecule has 4 bridgehead atoms. The van der Waals surface area contributed by atoms with Gasteiger partial charge in [0.05, 0.1) is 5.60 Å².